The number of aliphatic imine (C=N–C) groups is 1. The Hall–Kier alpha value is -4.57. The molecule has 5 rings (SSSR count). The molecular formula is C30H28N4O5S. The van der Waals surface area contributed by atoms with Crippen LogP contribution in [0.3, 0.4) is 0 Å². The molecule has 0 bridgehead atoms. The summed E-state index contributed by atoms with van der Waals surface area (Å²) in [5, 5.41) is 15.7. The fourth-order valence-electron chi connectivity index (χ4n) is 4.19. The highest BCUT2D eigenvalue weighted by molar-refractivity contribution is 8.27. The summed E-state index contributed by atoms with van der Waals surface area (Å²) in [5.41, 5.74) is 3.72. The predicted octanol–water partition coefficient (Wildman–Crippen LogP) is 5.45. The maximum absolute atomic E-state index is 13.0. The molecule has 9 nitrogen and oxygen atoms in total. The first kappa shape index (κ1) is 27.0. The lowest BCUT2D eigenvalue weighted by Gasteiger charge is -2.20. The molecule has 204 valence electrons. The molecule has 1 amide bonds. The molecular weight excluding hydrogens is 528 g/mol. The summed E-state index contributed by atoms with van der Waals surface area (Å²) in [4.78, 5) is 17.1. The van der Waals surface area contributed by atoms with Crippen molar-refractivity contribution in [2.24, 2.45) is 10.1 Å². The van der Waals surface area contributed by atoms with E-state index in [4.69, 9.17) is 24.4 Å². The van der Waals surface area contributed by atoms with Crippen LogP contribution in [0.15, 0.2) is 76.3 Å². The number of carbonyl (C=O) groups excluding carboxylic acids is 1. The topological polar surface area (TPSA) is 106 Å². The van der Waals surface area contributed by atoms with Crippen molar-refractivity contribution in [3.63, 3.8) is 0 Å². The Morgan fingerprint density at radius 1 is 0.925 bits per heavy atom. The molecule has 1 N–H and O–H groups in total. The maximum atomic E-state index is 13.0. The van der Waals surface area contributed by atoms with Crippen molar-refractivity contribution in [2.75, 3.05) is 27.4 Å². The Labute approximate surface area is 236 Å². The summed E-state index contributed by atoms with van der Waals surface area (Å²) in [5.74, 6) is 1.46. The Bertz CT molecular complexity index is 1550. The fourth-order valence-corrected chi connectivity index (χ4v) is 5.08. The number of hydrogen-bond donors (Lipinski definition) is 1. The SMILES string of the molecule is COc1cc(/C=C2/C(=N)N3N=C(c4cccc(C)c4)SC3=NC2=O)cc(OC)c1OCCOc1ccccc1C. The number of amidine groups is 2. The van der Waals surface area contributed by atoms with E-state index >= 15 is 0 Å². The monoisotopic (exact) mass is 556 g/mol. The number of methoxy groups -OCH3 is 2. The van der Waals surface area contributed by atoms with E-state index in [2.05, 4.69) is 10.1 Å². The van der Waals surface area contributed by atoms with E-state index in [1.54, 1.807) is 18.2 Å². The van der Waals surface area contributed by atoms with Crippen molar-refractivity contribution < 1.29 is 23.7 Å². The molecule has 2 heterocycles. The molecule has 3 aromatic carbocycles. The van der Waals surface area contributed by atoms with Gasteiger partial charge in [-0.25, -0.2) is 0 Å². The molecule has 2 aliphatic rings. The van der Waals surface area contributed by atoms with Gasteiger partial charge in [0.25, 0.3) is 5.91 Å². The van der Waals surface area contributed by atoms with Crippen molar-refractivity contribution in [1.29, 1.82) is 5.41 Å². The van der Waals surface area contributed by atoms with Crippen molar-refractivity contribution in [1.82, 2.24) is 5.01 Å². The first-order valence-corrected chi connectivity index (χ1v) is 13.3. The normalized spacial score (nSPS) is 15.5. The van der Waals surface area contributed by atoms with Gasteiger partial charge in [0.2, 0.25) is 10.9 Å². The van der Waals surface area contributed by atoms with E-state index in [9.17, 15) is 4.79 Å². The second-order valence-electron chi connectivity index (χ2n) is 9.01. The van der Waals surface area contributed by atoms with Gasteiger partial charge < -0.3 is 18.9 Å². The van der Waals surface area contributed by atoms with Crippen LogP contribution >= 0.6 is 11.8 Å². The fraction of sp³-hybridized carbons (Fsp3) is 0.200. The van der Waals surface area contributed by atoms with Gasteiger partial charge in [-0.1, -0.05) is 42.0 Å². The van der Waals surface area contributed by atoms with Gasteiger partial charge in [0, 0.05) is 5.56 Å². The highest BCUT2D eigenvalue weighted by Gasteiger charge is 2.36. The zero-order valence-electron chi connectivity index (χ0n) is 22.6. The maximum Gasteiger partial charge on any atom is 0.283 e. The van der Waals surface area contributed by atoms with Gasteiger partial charge in [-0.3, -0.25) is 10.2 Å². The molecule has 0 unspecified atom stereocenters. The first-order chi connectivity index (χ1) is 19.4. The standard InChI is InChI=1S/C30H28N4O5S/c1-18-8-7-10-21(14-18)29-33-34-27(31)22(28(35)32-30(34)40-29)15-20-16-24(36-3)26(25(17-20)37-4)39-13-12-38-23-11-6-5-9-19(23)2/h5-11,14-17,31H,12-13H2,1-4H3/b22-15-,31-27?. The Kier molecular flexibility index (Phi) is 7.88. The Morgan fingerprint density at radius 2 is 1.65 bits per heavy atom. The number of fused-ring (bicyclic) bond motifs is 1. The molecule has 0 fully saturated rings. The average Bonchev–Trinajstić information content (AvgIpc) is 3.38. The van der Waals surface area contributed by atoms with Crippen LogP contribution in [-0.4, -0.2) is 54.4 Å². The Morgan fingerprint density at radius 3 is 2.35 bits per heavy atom. The number of ether oxygens (including phenoxy) is 4. The lowest BCUT2D eigenvalue weighted by Crippen LogP contribution is -2.35. The summed E-state index contributed by atoms with van der Waals surface area (Å²) in [7, 11) is 3.05. The molecule has 0 aliphatic carbocycles. The summed E-state index contributed by atoms with van der Waals surface area (Å²) in [6.45, 7) is 4.57. The minimum Gasteiger partial charge on any atom is -0.493 e. The van der Waals surface area contributed by atoms with Gasteiger partial charge in [-0.15, -0.1) is 0 Å². The van der Waals surface area contributed by atoms with Crippen LogP contribution in [0.1, 0.15) is 22.3 Å². The number of nitrogens with one attached hydrogen (secondary N) is 1. The lowest BCUT2D eigenvalue weighted by molar-refractivity contribution is -0.114. The largest absolute Gasteiger partial charge is 0.493 e. The van der Waals surface area contributed by atoms with Crippen LogP contribution in [0.25, 0.3) is 6.08 Å². The lowest BCUT2D eigenvalue weighted by atomic mass is 10.1. The molecule has 3 aromatic rings. The van der Waals surface area contributed by atoms with Crippen LogP contribution < -0.4 is 18.9 Å². The van der Waals surface area contributed by atoms with E-state index < -0.39 is 5.91 Å². The summed E-state index contributed by atoms with van der Waals surface area (Å²) in [6.07, 6.45) is 1.58. The summed E-state index contributed by atoms with van der Waals surface area (Å²) >= 11 is 1.27. The van der Waals surface area contributed by atoms with E-state index in [0.29, 0.717) is 39.6 Å². The number of amides is 1. The number of carbonyl (C=O) groups is 1. The van der Waals surface area contributed by atoms with E-state index in [-0.39, 0.29) is 18.0 Å². The minimum atomic E-state index is -0.518. The average molecular weight is 557 g/mol. The molecule has 2 aliphatic heterocycles. The zero-order chi connectivity index (χ0) is 28.2. The van der Waals surface area contributed by atoms with E-state index in [1.807, 2.05) is 62.4 Å². The van der Waals surface area contributed by atoms with Crippen molar-refractivity contribution in [2.45, 2.75) is 13.8 Å². The number of hydrazone groups is 1. The highest BCUT2D eigenvalue weighted by Crippen LogP contribution is 2.40. The van der Waals surface area contributed by atoms with Gasteiger partial charge in [0.1, 0.15) is 24.0 Å². The number of para-hydroxylation sites is 1. The van der Waals surface area contributed by atoms with Crippen LogP contribution in [-0.2, 0) is 4.79 Å². The smallest absolute Gasteiger partial charge is 0.283 e. The minimum absolute atomic E-state index is 0.0585. The van der Waals surface area contributed by atoms with Gasteiger partial charge in [-0.2, -0.15) is 15.1 Å². The summed E-state index contributed by atoms with van der Waals surface area (Å²) < 4.78 is 22.9. The van der Waals surface area contributed by atoms with Gasteiger partial charge in [-0.05, 0) is 67.1 Å². The van der Waals surface area contributed by atoms with E-state index in [0.717, 1.165) is 22.4 Å². The molecule has 10 heteroatoms. The second kappa shape index (κ2) is 11.7. The number of benzene rings is 3. The van der Waals surface area contributed by atoms with Crippen molar-refractivity contribution in [3.05, 3.63) is 88.5 Å². The van der Waals surface area contributed by atoms with Gasteiger partial charge >= 0.3 is 0 Å². The van der Waals surface area contributed by atoms with E-state index in [1.165, 1.54) is 31.0 Å². The number of aryl methyl sites for hydroxylation is 2. The summed E-state index contributed by atoms with van der Waals surface area (Å²) in [6, 6.07) is 19.1. The number of rotatable bonds is 9. The highest BCUT2D eigenvalue weighted by atomic mass is 32.2. The molecule has 0 saturated carbocycles. The molecule has 0 radical (unpaired) electrons. The number of hydrogen-bond acceptors (Lipinski definition) is 8. The molecule has 0 spiro atoms. The Balaban J connectivity index is 1.36. The number of nitrogens with zero attached hydrogens (tertiary/aromatic N) is 3. The van der Waals surface area contributed by atoms with Gasteiger partial charge in [0.15, 0.2) is 17.3 Å². The number of thioether (sulfide) groups is 1. The molecule has 0 saturated heterocycles. The predicted molar refractivity (Wildman–Crippen MR) is 157 cm³/mol. The molecule has 0 aromatic heterocycles. The van der Waals surface area contributed by atoms with Crippen LogP contribution in [0.4, 0.5) is 0 Å². The third kappa shape index (κ3) is 5.57. The van der Waals surface area contributed by atoms with Crippen LogP contribution in [0.2, 0.25) is 0 Å². The third-order valence-corrected chi connectivity index (χ3v) is 7.15. The quantitative estimate of drug-likeness (QED) is 0.276. The molecule has 40 heavy (non-hydrogen) atoms. The molecule has 0 atom stereocenters. The zero-order valence-corrected chi connectivity index (χ0v) is 23.4. The third-order valence-electron chi connectivity index (χ3n) is 6.19. The van der Waals surface area contributed by atoms with Crippen molar-refractivity contribution in [3.8, 4) is 23.0 Å². The van der Waals surface area contributed by atoms with Gasteiger partial charge in [0.05, 0.1) is 19.8 Å². The van der Waals surface area contributed by atoms with Crippen LogP contribution in [0.5, 0.6) is 23.0 Å². The first-order valence-electron chi connectivity index (χ1n) is 12.5. The van der Waals surface area contributed by atoms with Crippen LogP contribution in [0, 0.1) is 19.3 Å². The van der Waals surface area contributed by atoms with Crippen molar-refractivity contribution >= 4 is 39.8 Å². The second-order valence-corrected chi connectivity index (χ2v) is 9.97.